The molecule has 0 aliphatic carbocycles. The number of fused-ring (bicyclic) bond motifs is 2. The normalized spacial score (nSPS) is 20.8. The molecule has 2 aromatic carbocycles. The van der Waals surface area contributed by atoms with Crippen LogP contribution < -0.4 is 10.6 Å². The summed E-state index contributed by atoms with van der Waals surface area (Å²) in [5.74, 6) is -3.35. The van der Waals surface area contributed by atoms with Crippen LogP contribution in [-0.4, -0.2) is 52.7 Å². The number of carbonyl (C=O) groups excluding carboxylic acids is 3. The maximum atomic E-state index is 14.7. The number of benzene rings is 2. The van der Waals surface area contributed by atoms with E-state index in [1.807, 2.05) is 0 Å². The number of carbonyl (C=O) groups is 3. The Morgan fingerprint density at radius 1 is 1.16 bits per heavy atom. The first-order chi connectivity index (χ1) is 20.6. The molecule has 2 amide bonds. The summed E-state index contributed by atoms with van der Waals surface area (Å²) in [6, 6.07) is 6.76. The molecule has 3 heterocycles. The molecular formula is C32H30ClF2N3O5. The van der Waals surface area contributed by atoms with E-state index in [-0.39, 0.29) is 41.5 Å². The van der Waals surface area contributed by atoms with Crippen molar-refractivity contribution in [1.82, 2.24) is 9.96 Å². The molecule has 2 aromatic rings. The predicted octanol–water partition coefficient (Wildman–Crippen LogP) is 4.24. The minimum Gasteiger partial charge on any atom is -0.469 e. The second-order valence-electron chi connectivity index (χ2n) is 10.8. The van der Waals surface area contributed by atoms with E-state index >= 15 is 0 Å². The van der Waals surface area contributed by atoms with Crippen molar-refractivity contribution in [2.45, 2.75) is 45.1 Å². The topological polar surface area (TPSA) is 99.5 Å². The molecule has 0 radical (unpaired) electrons. The van der Waals surface area contributed by atoms with Gasteiger partial charge in [-0.3, -0.25) is 19.6 Å². The van der Waals surface area contributed by atoms with Crippen LogP contribution in [0.2, 0.25) is 5.02 Å². The lowest BCUT2D eigenvalue weighted by atomic mass is 9.92. The van der Waals surface area contributed by atoms with Gasteiger partial charge in [-0.05, 0) is 66.3 Å². The summed E-state index contributed by atoms with van der Waals surface area (Å²) in [4.78, 5) is 44.5. The maximum Gasteiger partial charge on any atom is 0.309 e. The molecule has 0 saturated carbocycles. The van der Waals surface area contributed by atoms with Gasteiger partial charge in [-0.15, -0.1) is 0 Å². The van der Waals surface area contributed by atoms with E-state index < -0.39 is 35.5 Å². The van der Waals surface area contributed by atoms with Crippen molar-refractivity contribution in [3.8, 4) is 0 Å². The summed E-state index contributed by atoms with van der Waals surface area (Å²) >= 11 is 5.88. The lowest BCUT2D eigenvalue weighted by Crippen LogP contribution is -2.46. The van der Waals surface area contributed by atoms with Crippen LogP contribution in [0.1, 0.15) is 43.7 Å². The standard InChI is InChI=1S/C32H30ClF2N3O5/c1-18-4-3-5-26(37-12-10-21(17-28(37)39)30-24(34)9-8-23(33)31(30)35)27-16-20(11-13-38(27)42)22-7-6-19(15-29(40)43-2)14-25(22)36-32(18)41/h6-9,11,13-14,16-18,26,42H,3-5,10,12,15H2,1-2H3/t18-,26+/m1/s1. The Balaban J connectivity index is 1.59. The zero-order valence-corrected chi connectivity index (χ0v) is 24.4. The van der Waals surface area contributed by atoms with Crippen molar-refractivity contribution < 1.29 is 33.1 Å². The number of nitrogens with zero attached hydrogens (tertiary/aromatic N) is 3. The Bertz CT molecular complexity index is 1720. The highest BCUT2D eigenvalue weighted by Gasteiger charge is 2.33. The third-order valence-corrected chi connectivity index (χ3v) is 8.26. The average Bonchev–Trinajstić information content (AvgIpc) is 2.98. The second-order valence-corrected chi connectivity index (χ2v) is 11.2. The number of rotatable bonds is 4. The molecule has 43 heavy (non-hydrogen) atoms. The summed E-state index contributed by atoms with van der Waals surface area (Å²) in [5, 5.41) is 12.6. The Labute approximate surface area is 251 Å². The molecular weight excluding hydrogens is 580 g/mol. The molecule has 2 atom stereocenters. The number of methoxy groups -OCH3 is 1. The number of allylic oxidation sites excluding steroid dienone is 2. The molecule has 0 aromatic heterocycles. The Morgan fingerprint density at radius 2 is 1.95 bits per heavy atom. The van der Waals surface area contributed by atoms with Crippen molar-refractivity contribution in [3.63, 3.8) is 0 Å². The lowest BCUT2D eigenvalue weighted by Gasteiger charge is -2.38. The second kappa shape index (κ2) is 12.6. The molecule has 5 rings (SSSR count). The van der Waals surface area contributed by atoms with Crippen molar-refractivity contribution in [3.05, 3.63) is 98.8 Å². The molecule has 224 valence electrons. The van der Waals surface area contributed by atoms with Gasteiger partial charge in [0.1, 0.15) is 5.82 Å². The van der Waals surface area contributed by atoms with E-state index in [0.29, 0.717) is 46.7 Å². The van der Waals surface area contributed by atoms with Gasteiger partial charge in [-0.1, -0.05) is 37.1 Å². The summed E-state index contributed by atoms with van der Waals surface area (Å²) in [7, 11) is 1.30. The van der Waals surface area contributed by atoms with Crippen LogP contribution in [0.3, 0.4) is 0 Å². The predicted molar refractivity (Wildman–Crippen MR) is 155 cm³/mol. The minimum absolute atomic E-state index is 0.0113. The number of hydrogen-bond donors (Lipinski definition) is 1. The molecule has 0 spiro atoms. The summed E-state index contributed by atoms with van der Waals surface area (Å²) < 4.78 is 34.1. The van der Waals surface area contributed by atoms with Crippen LogP contribution in [0.15, 0.2) is 65.4 Å². The smallest absolute Gasteiger partial charge is 0.309 e. The van der Waals surface area contributed by atoms with E-state index in [2.05, 4.69) is 4.99 Å². The zero-order chi connectivity index (χ0) is 30.8. The monoisotopic (exact) mass is 609 g/mol. The summed E-state index contributed by atoms with van der Waals surface area (Å²) in [6.45, 7) is 1.92. The number of hydrogen-bond acceptors (Lipinski definition) is 6. The van der Waals surface area contributed by atoms with Gasteiger partial charge in [0.05, 0.1) is 41.2 Å². The SMILES string of the molecule is COC(=O)Cc1ccc2c(c1)=NC(=O)[C@H](C)CCC[C@H](N1CCC(c3c(F)ccc(Cl)c3F)=CC1=O)C1=CC=2C=CN1O. The summed E-state index contributed by atoms with van der Waals surface area (Å²) in [5.41, 5.74) is 1.57. The zero-order valence-electron chi connectivity index (χ0n) is 23.6. The fourth-order valence-corrected chi connectivity index (χ4v) is 5.76. The largest absolute Gasteiger partial charge is 0.469 e. The van der Waals surface area contributed by atoms with Crippen molar-refractivity contribution in [2.24, 2.45) is 10.9 Å². The fraction of sp³-hybridized carbons (Fsp3) is 0.312. The first-order valence-electron chi connectivity index (χ1n) is 13.9. The molecule has 8 nitrogen and oxygen atoms in total. The van der Waals surface area contributed by atoms with Crippen LogP contribution in [0.4, 0.5) is 8.78 Å². The fourth-order valence-electron chi connectivity index (χ4n) is 5.61. The molecule has 3 aliphatic rings. The van der Waals surface area contributed by atoms with Gasteiger partial charge < -0.3 is 9.64 Å². The van der Waals surface area contributed by atoms with E-state index in [1.54, 1.807) is 42.2 Å². The minimum atomic E-state index is -0.918. The number of esters is 1. The van der Waals surface area contributed by atoms with E-state index in [9.17, 15) is 28.4 Å². The molecule has 0 unspecified atom stereocenters. The highest BCUT2D eigenvalue weighted by molar-refractivity contribution is 6.31. The highest BCUT2D eigenvalue weighted by atomic mass is 35.5. The highest BCUT2D eigenvalue weighted by Crippen LogP contribution is 2.34. The van der Waals surface area contributed by atoms with Gasteiger partial charge in [-0.2, -0.15) is 0 Å². The molecule has 2 bridgehead atoms. The number of amides is 2. The number of ether oxygens (including phenoxy) is 1. The van der Waals surface area contributed by atoms with Crippen LogP contribution in [0.25, 0.3) is 11.1 Å². The third-order valence-electron chi connectivity index (χ3n) is 7.96. The van der Waals surface area contributed by atoms with Gasteiger partial charge in [0.2, 0.25) is 11.8 Å². The molecule has 0 fully saturated rings. The van der Waals surface area contributed by atoms with E-state index in [1.165, 1.54) is 19.4 Å². The quantitative estimate of drug-likeness (QED) is 0.411. The van der Waals surface area contributed by atoms with Crippen molar-refractivity contribution >= 4 is 40.5 Å². The maximum absolute atomic E-state index is 14.7. The Morgan fingerprint density at radius 3 is 2.70 bits per heavy atom. The molecule has 1 N–H and O–H groups in total. The van der Waals surface area contributed by atoms with Crippen molar-refractivity contribution in [1.29, 1.82) is 0 Å². The van der Waals surface area contributed by atoms with Crippen LogP contribution in [-0.2, 0) is 25.5 Å². The van der Waals surface area contributed by atoms with Crippen molar-refractivity contribution in [2.75, 3.05) is 13.7 Å². The Kier molecular flexibility index (Phi) is 8.89. The number of halogens is 3. The molecule has 0 saturated heterocycles. The van der Waals surface area contributed by atoms with E-state index in [0.717, 1.165) is 17.2 Å². The van der Waals surface area contributed by atoms with Gasteiger partial charge >= 0.3 is 5.97 Å². The number of hydroxylamine groups is 2. The lowest BCUT2D eigenvalue weighted by molar-refractivity contribution is -0.139. The average molecular weight is 610 g/mol. The molecule has 11 heteroatoms. The first kappa shape index (κ1) is 30.3. The van der Waals surface area contributed by atoms with Gasteiger partial charge in [0.15, 0.2) is 5.82 Å². The van der Waals surface area contributed by atoms with Crippen LogP contribution in [0, 0.1) is 17.6 Å². The molecule has 3 aliphatic heterocycles. The van der Waals surface area contributed by atoms with E-state index in [4.69, 9.17) is 16.3 Å². The summed E-state index contributed by atoms with van der Waals surface area (Å²) in [6.07, 6.45) is 7.67. The van der Waals surface area contributed by atoms with Crippen LogP contribution >= 0.6 is 11.6 Å². The van der Waals surface area contributed by atoms with Crippen LogP contribution in [0.5, 0.6) is 0 Å². The Hall–Kier alpha value is -4.15. The van der Waals surface area contributed by atoms with Gasteiger partial charge in [0.25, 0.3) is 0 Å². The third kappa shape index (κ3) is 6.30. The first-order valence-corrected chi connectivity index (χ1v) is 14.3. The van der Waals surface area contributed by atoms with Gasteiger partial charge in [-0.25, -0.2) is 18.8 Å². The van der Waals surface area contributed by atoms with Gasteiger partial charge in [0, 0.05) is 30.0 Å².